The third-order valence-electron chi connectivity index (χ3n) is 4.05. The fraction of sp³-hybridized carbons (Fsp3) is 0.714. The quantitative estimate of drug-likeness (QED) is 0.883. The van der Waals surface area contributed by atoms with E-state index >= 15 is 0 Å². The Morgan fingerprint density at radius 3 is 2.90 bits per heavy atom. The average Bonchev–Trinajstić information content (AvgIpc) is 2.92. The van der Waals surface area contributed by atoms with Crippen LogP contribution in [-0.2, 0) is 9.47 Å². The molecule has 2 fully saturated rings. The first kappa shape index (κ1) is 15.0. The minimum Gasteiger partial charge on any atom is -0.391 e. The lowest BCUT2D eigenvalue weighted by Crippen LogP contribution is -2.36. The van der Waals surface area contributed by atoms with Gasteiger partial charge >= 0.3 is 0 Å². The van der Waals surface area contributed by atoms with Gasteiger partial charge in [0.15, 0.2) is 16.8 Å². The van der Waals surface area contributed by atoms with Gasteiger partial charge in [0.25, 0.3) is 0 Å². The Labute approximate surface area is 128 Å². The number of nitrogens with zero attached hydrogens (tertiary/aromatic N) is 2. The Morgan fingerprint density at radius 2 is 2.14 bits per heavy atom. The van der Waals surface area contributed by atoms with Crippen molar-refractivity contribution in [2.24, 2.45) is 5.92 Å². The van der Waals surface area contributed by atoms with Gasteiger partial charge in [0, 0.05) is 24.9 Å². The molecule has 0 spiro atoms. The lowest BCUT2D eigenvalue weighted by atomic mass is 9.98. The molecule has 0 aromatic carbocycles. The maximum absolute atomic E-state index is 10.4. The first-order chi connectivity index (χ1) is 9.96. The third kappa shape index (κ3) is 3.13. The summed E-state index contributed by atoms with van der Waals surface area (Å²) in [7, 11) is 0. The zero-order valence-electron chi connectivity index (χ0n) is 12.1. The van der Waals surface area contributed by atoms with Crippen molar-refractivity contribution in [2.75, 3.05) is 11.9 Å². The number of anilines is 1. The number of rotatable bonds is 4. The average molecular weight is 314 g/mol. The Balaban J connectivity index is 1.59. The van der Waals surface area contributed by atoms with E-state index in [0.717, 1.165) is 12.8 Å². The molecule has 6 nitrogen and oxygen atoms in total. The minimum atomic E-state index is -0.560. The number of aromatic nitrogens is 2. The fourth-order valence-electron chi connectivity index (χ4n) is 3.17. The second-order valence-corrected chi connectivity index (χ2v) is 6.38. The van der Waals surface area contributed by atoms with Gasteiger partial charge in [-0.1, -0.05) is 11.6 Å². The zero-order valence-corrected chi connectivity index (χ0v) is 12.9. The molecule has 2 aliphatic rings. The molecule has 2 unspecified atom stereocenters. The standard InChI is InChI=1S/C14H20ClN3O3/c1-14(2)20-10-4-3-8(11(10)21-14)9(19)7-18-13-12(15)16-5-6-17-13/h5-6,8-11,19H,3-4,7H2,1-2H3,(H,17,18)/t8-,9?,10?,11+/m0/s1. The van der Waals surface area contributed by atoms with Crippen molar-refractivity contribution in [3.05, 3.63) is 17.5 Å². The highest BCUT2D eigenvalue weighted by Crippen LogP contribution is 2.42. The van der Waals surface area contributed by atoms with Crippen molar-refractivity contribution in [2.45, 2.75) is 50.8 Å². The van der Waals surface area contributed by atoms with Gasteiger partial charge in [-0.3, -0.25) is 0 Å². The summed E-state index contributed by atoms with van der Waals surface area (Å²) in [5, 5.41) is 13.8. The van der Waals surface area contributed by atoms with Crippen molar-refractivity contribution in [1.82, 2.24) is 9.97 Å². The highest BCUT2D eigenvalue weighted by molar-refractivity contribution is 6.31. The van der Waals surface area contributed by atoms with Gasteiger partial charge in [0.1, 0.15) is 0 Å². The van der Waals surface area contributed by atoms with Gasteiger partial charge in [-0.2, -0.15) is 0 Å². The monoisotopic (exact) mass is 313 g/mol. The number of hydrogen-bond acceptors (Lipinski definition) is 6. The number of halogens is 1. The SMILES string of the molecule is CC1(C)OC2CC[C@@H](C(O)CNc3nccnc3Cl)[C@H]2O1. The van der Waals surface area contributed by atoms with Crippen LogP contribution in [-0.4, -0.2) is 45.7 Å². The van der Waals surface area contributed by atoms with Crippen molar-refractivity contribution in [1.29, 1.82) is 0 Å². The van der Waals surface area contributed by atoms with Gasteiger partial charge in [0.2, 0.25) is 0 Å². The molecule has 0 amide bonds. The van der Waals surface area contributed by atoms with E-state index < -0.39 is 11.9 Å². The summed E-state index contributed by atoms with van der Waals surface area (Å²) in [5.41, 5.74) is 0. The first-order valence-corrected chi connectivity index (χ1v) is 7.58. The topological polar surface area (TPSA) is 76.5 Å². The largest absolute Gasteiger partial charge is 0.391 e. The minimum absolute atomic E-state index is 0.0471. The summed E-state index contributed by atoms with van der Waals surface area (Å²) < 4.78 is 11.8. The molecule has 116 valence electrons. The summed E-state index contributed by atoms with van der Waals surface area (Å²) in [5.74, 6) is -0.0218. The summed E-state index contributed by atoms with van der Waals surface area (Å²) in [4.78, 5) is 8.03. The van der Waals surface area contributed by atoms with Crippen LogP contribution in [0.3, 0.4) is 0 Å². The summed E-state index contributed by atoms with van der Waals surface area (Å²) >= 11 is 5.93. The van der Waals surface area contributed by atoms with Crippen LogP contribution >= 0.6 is 11.6 Å². The number of nitrogens with one attached hydrogen (secondary N) is 1. The smallest absolute Gasteiger partial charge is 0.171 e. The van der Waals surface area contributed by atoms with Crippen LogP contribution in [0.5, 0.6) is 0 Å². The molecule has 21 heavy (non-hydrogen) atoms. The van der Waals surface area contributed by atoms with E-state index in [4.69, 9.17) is 21.1 Å². The van der Waals surface area contributed by atoms with Gasteiger partial charge in [-0.05, 0) is 26.7 Å². The van der Waals surface area contributed by atoms with Gasteiger partial charge in [-0.15, -0.1) is 0 Å². The Morgan fingerprint density at radius 1 is 1.38 bits per heavy atom. The molecule has 1 aromatic rings. The number of aliphatic hydroxyl groups is 1. The number of aliphatic hydroxyl groups excluding tert-OH is 1. The van der Waals surface area contributed by atoms with Crippen LogP contribution < -0.4 is 5.32 Å². The van der Waals surface area contributed by atoms with Crippen LogP contribution in [0.2, 0.25) is 5.15 Å². The molecule has 0 bridgehead atoms. The van der Waals surface area contributed by atoms with Crippen LogP contribution in [0.25, 0.3) is 0 Å². The van der Waals surface area contributed by atoms with Crippen LogP contribution in [0.4, 0.5) is 5.82 Å². The second-order valence-electron chi connectivity index (χ2n) is 6.02. The van der Waals surface area contributed by atoms with Gasteiger partial charge < -0.3 is 19.9 Å². The number of ether oxygens (including phenoxy) is 2. The molecule has 3 rings (SSSR count). The highest BCUT2D eigenvalue weighted by Gasteiger charge is 2.50. The van der Waals surface area contributed by atoms with E-state index in [1.165, 1.54) is 6.20 Å². The number of fused-ring (bicyclic) bond motifs is 1. The summed E-state index contributed by atoms with van der Waals surface area (Å²) in [6, 6.07) is 0. The highest BCUT2D eigenvalue weighted by atomic mass is 35.5. The fourth-order valence-corrected chi connectivity index (χ4v) is 3.35. The molecular weight excluding hydrogens is 294 g/mol. The Hall–Kier alpha value is -0.950. The van der Waals surface area contributed by atoms with E-state index in [-0.39, 0.29) is 18.1 Å². The lowest BCUT2D eigenvalue weighted by Gasteiger charge is -2.25. The van der Waals surface area contributed by atoms with E-state index in [2.05, 4.69) is 15.3 Å². The normalized spacial score (nSPS) is 31.9. The van der Waals surface area contributed by atoms with Gasteiger partial charge in [0.05, 0.1) is 18.3 Å². The van der Waals surface area contributed by atoms with Crippen molar-refractivity contribution in [3.8, 4) is 0 Å². The number of hydrogen-bond donors (Lipinski definition) is 2. The van der Waals surface area contributed by atoms with Gasteiger partial charge in [-0.25, -0.2) is 9.97 Å². The summed E-state index contributed by atoms with van der Waals surface area (Å²) in [6.45, 7) is 4.18. The van der Waals surface area contributed by atoms with Crippen LogP contribution in [0.15, 0.2) is 12.4 Å². The second kappa shape index (κ2) is 5.68. The first-order valence-electron chi connectivity index (χ1n) is 7.20. The van der Waals surface area contributed by atoms with Crippen molar-refractivity contribution < 1.29 is 14.6 Å². The van der Waals surface area contributed by atoms with Crippen LogP contribution in [0, 0.1) is 5.92 Å². The zero-order chi connectivity index (χ0) is 15.0. The molecular formula is C14H20ClN3O3. The molecule has 1 aliphatic heterocycles. The van der Waals surface area contributed by atoms with E-state index in [1.54, 1.807) is 6.20 Å². The predicted octanol–water partition coefficient (Wildman–Crippen LogP) is 1.83. The molecule has 1 saturated heterocycles. The summed E-state index contributed by atoms with van der Waals surface area (Å²) in [6.07, 6.45) is 4.38. The van der Waals surface area contributed by atoms with E-state index in [9.17, 15) is 5.11 Å². The predicted molar refractivity (Wildman–Crippen MR) is 78.1 cm³/mol. The molecule has 1 aromatic heterocycles. The maximum atomic E-state index is 10.4. The maximum Gasteiger partial charge on any atom is 0.171 e. The van der Waals surface area contributed by atoms with Crippen LogP contribution in [0.1, 0.15) is 26.7 Å². The molecule has 2 heterocycles. The van der Waals surface area contributed by atoms with E-state index in [1.807, 2.05) is 13.8 Å². The van der Waals surface area contributed by atoms with Crippen molar-refractivity contribution in [3.63, 3.8) is 0 Å². The molecule has 0 radical (unpaired) electrons. The van der Waals surface area contributed by atoms with E-state index in [0.29, 0.717) is 17.5 Å². The van der Waals surface area contributed by atoms with Crippen molar-refractivity contribution >= 4 is 17.4 Å². The molecule has 4 atom stereocenters. The Kier molecular flexibility index (Phi) is 4.05. The molecule has 7 heteroatoms. The third-order valence-corrected chi connectivity index (χ3v) is 4.33. The molecule has 1 aliphatic carbocycles. The molecule has 2 N–H and O–H groups in total. The molecule has 1 saturated carbocycles. The Bertz CT molecular complexity index is 514. The lowest BCUT2D eigenvalue weighted by molar-refractivity contribution is -0.160.